The second-order valence-electron chi connectivity index (χ2n) is 3.33. The quantitative estimate of drug-likeness (QED) is 0.619. The summed E-state index contributed by atoms with van der Waals surface area (Å²) in [7, 11) is 1.68. The van der Waals surface area contributed by atoms with Crippen molar-refractivity contribution in [2.45, 2.75) is 32.7 Å². The first kappa shape index (κ1) is 12.2. The van der Waals surface area contributed by atoms with Crippen molar-refractivity contribution < 1.29 is 9.90 Å². The van der Waals surface area contributed by atoms with Crippen LogP contribution in [0.5, 0.6) is 0 Å². The molecule has 0 aliphatic carbocycles. The van der Waals surface area contributed by atoms with Crippen LogP contribution in [-0.4, -0.2) is 24.2 Å². The highest BCUT2D eigenvalue weighted by Gasteiger charge is 2.17. The molecule has 3 nitrogen and oxygen atoms in total. The van der Waals surface area contributed by atoms with Gasteiger partial charge in [-0.3, -0.25) is 4.79 Å². The summed E-state index contributed by atoms with van der Waals surface area (Å²) in [6, 6.07) is -0.416. The molecule has 0 radical (unpaired) electrons. The Bertz CT molecular complexity index is 178. The number of aliphatic carboxylic acids is 1. The summed E-state index contributed by atoms with van der Waals surface area (Å²) in [5.41, 5.74) is 0. The zero-order chi connectivity index (χ0) is 10.3. The van der Waals surface area contributed by atoms with Gasteiger partial charge in [0.15, 0.2) is 0 Å². The lowest BCUT2D eigenvalue weighted by molar-refractivity contribution is -0.139. The SMILES string of the molecule is C/C=C/C[C@@H](C)C[C@H](NC)C(=O)O. The molecule has 0 spiro atoms. The molecule has 0 rings (SSSR count). The number of allylic oxidation sites excluding steroid dienone is 2. The molecule has 0 aliphatic rings. The highest BCUT2D eigenvalue weighted by molar-refractivity contribution is 5.73. The van der Waals surface area contributed by atoms with Crippen LogP contribution in [0.2, 0.25) is 0 Å². The predicted molar refractivity (Wildman–Crippen MR) is 53.7 cm³/mol. The maximum atomic E-state index is 10.7. The van der Waals surface area contributed by atoms with Gasteiger partial charge in [0.25, 0.3) is 0 Å². The molecule has 0 amide bonds. The zero-order valence-corrected chi connectivity index (χ0v) is 8.58. The Hall–Kier alpha value is -0.830. The molecule has 0 aliphatic heterocycles. The molecule has 0 bridgehead atoms. The third-order valence-electron chi connectivity index (χ3n) is 2.06. The van der Waals surface area contributed by atoms with E-state index in [2.05, 4.69) is 18.3 Å². The fourth-order valence-corrected chi connectivity index (χ4v) is 1.21. The Balaban J connectivity index is 3.86. The third-order valence-corrected chi connectivity index (χ3v) is 2.06. The summed E-state index contributed by atoms with van der Waals surface area (Å²) in [6.45, 7) is 4.03. The lowest BCUT2D eigenvalue weighted by Gasteiger charge is -2.15. The fourth-order valence-electron chi connectivity index (χ4n) is 1.21. The van der Waals surface area contributed by atoms with Crippen LogP contribution in [0.25, 0.3) is 0 Å². The molecular formula is C10H19NO2. The van der Waals surface area contributed by atoms with E-state index in [-0.39, 0.29) is 0 Å². The van der Waals surface area contributed by atoms with Gasteiger partial charge in [-0.25, -0.2) is 0 Å². The molecule has 0 saturated heterocycles. The van der Waals surface area contributed by atoms with Gasteiger partial charge in [-0.05, 0) is 32.7 Å². The number of hydrogen-bond acceptors (Lipinski definition) is 2. The molecule has 0 aromatic carbocycles. The number of carboxylic acids is 1. The van der Waals surface area contributed by atoms with Gasteiger partial charge in [-0.2, -0.15) is 0 Å². The molecule has 2 atom stereocenters. The summed E-state index contributed by atoms with van der Waals surface area (Å²) in [6.07, 6.45) is 5.68. The van der Waals surface area contributed by atoms with E-state index in [0.29, 0.717) is 12.3 Å². The third kappa shape index (κ3) is 5.42. The molecule has 0 unspecified atom stereocenters. The van der Waals surface area contributed by atoms with E-state index in [0.717, 1.165) is 6.42 Å². The summed E-state index contributed by atoms with van der Waals surface area (Å²) in [5, 5.41) is 11.6. The zero-order valence-electron chi connectivity index (χ0n) is 8.58. The van der Waals surface area contributed by atoms with E-state index in [1.165, 1.54) is 0 Å². The van der Waals surface area contributed by atoms with Gasteiger partial charge < -0.3 is 10.4 Å². The lowest BCUT2D eigenvalue weighted by Crippen LogP contribution is -2.35. The first-order valence-electron chi connectivity index (χ1n) is 4.63. The van der Waals surface area contributed by atoms with E-state index in [4.69, 9.17) is 5.11 Å². The number of rotatable bonds is 6. The molecule has 3 heteroatoms. The van der Waals surface area contributed by atoms with Crippen LogP contribution in [0.4, 0.5) is 0 Å². The van der Waals surface area contributed by atoms with Crippen molar-refractivity contribution in [3.8, 4) is 0 Å². The van der Waals surface area contributed by atoms with Crippen LogP contribution in [0.1, 0.15) is 26.7 Å². The highest BCUT2D eigenvalue weighted by atomic mass is 16.4. The Morgan fingerprint density at radius 1 is 1.62 bits per heavy atom. The highest BCUT2D eigenvalue weighted by Crippen LogP contribution is 2.11. The minimum absolute atomic E-state index is 0.407. The average molecular weight is 185 g/mol. The molecule has 0 heterocycles. The van der Waals surface area contributed by atoms with Crippen molar-refractivity contribution in [1.29, 1.82) is 0 Å². The number of likely N-dealkylation sites (N-methyl/N-ethyl adjacent to an activating group) is 1. The summed E-state index contributed by atoms with van der Waals surface area (Å²) >= 11 is 0. The second-order valence-corrected chi connectivity index (χ2v) is 3.33. The number of carbonyl (C=O) groups is 1. The van der Waals surface area contributed by atoms with Crippen LogP contribution >= 0.6 is 0 Å². The van der Waals surface area contributed by atoms with E-state index in [1.807, 2.05) is 13.0 Å². The van der Waals surface area contributed by atoms with Gasteiger partial charge in [0.1, 0.15) is 6.04 Å². The normalized spacial score (nSPS) is 15.9. The van der Waals surface area contributed by atoms with Crippen molar-refractivity contribution >= 4 is 5.97 Å². The summed E-state index contributed by atoms with van der Waals surface area (Å²) < 4.78 is 0. The predicted octanol–water partition coefficient (Wildman–Crippen LogP) is 1.65. The van der Waals surface area contributed by atoms with Crippen LogP contribution in [0.3, 0.4) is 0 Å². The van der Waals surface area contributed by atoms with Crippen molar-refractivity contribution in [1.82, 2.24) is 5.32 Å². The van der Waals surface area contributed by atoms with E-state index in [9.17, 15) is 4.79 Å². The number of carboxylic acid groups (broad SMARTS) is 1. The molecule has 0 aromatic rings. The Labute approximate surface area is 79.8 Å². The first-order chi connectivity index (χ1) is 6.11. The van der Waals surface area contributed by atoms with Crippen LogP contribution < -0.4 is 5.32 Å². The molecule has 0 aromatic heterocycles. The van der Waals surface area contributed by atoms with Crippen molar-refractivity contribution in [2.75, 3.05) is 7.05 Å². The van der Waals surface area contributed by atoms with Gasteiger partial charge in [-0.15, -0.1) is 0 Å². The minimum Gasteiger partial charge on any atom is -0.480 e. The van der Waals surface area contributed by atoms with Crippen LogP contribution in [0, 0.1) is 5.92 Å². The molecule has 0 saturated carbocycles. The molecule has 2 N–H and O–H groups in total. The molecule has 13 heavy (non-hydrogen) atoms. The first-order valence-corrected chi connectivity index (χ1v) is 4.63. The Morgan fingerprint density at radius 3 is 2.62 bits per heavy atom. The average Bonchev–Trinajstić information content (AvgIpc) is 2.10. The fraction of sp³-hybridized carbons (Fsp3) is 0.700. The van der Waals surface area contributed by atoms with E-state index >= 15 is 0 Å². The van der Waals surface area contributed by atoms with Crippen LogP contribution in [0.15, 0.2) is 12.2 Å². The maximum Gasteiger partial charge on any atom is 0.320 e. The largest absolute Gasteiger partial charge is 0.480 e. The number of hydrogen-bond donors (Lipinski definition) is 2. The summed E-state index contributed by atoms with van der Waals surface area (Å²) in [4.78, 5) is 10.7. The summed E-state index contributed by atoms with van der Waals surface area (Å²) in [5.74, 6) is -0.362. The van der Waals surface area contributed by atoms with Crippen molar-refractivity contribution in [3.05, 3.63) is 12.2 Å². The molecular weight excluding hydrogens is 166 g/mol. The van der Waals surface area contributed by atoms with Crippen molar-refractivity contribution in [2.24, 2.45) is 5.92 Å². The lowest BCUT2D eigenvalue weighted by atomic mass is 9.98. The maximum absolute atomic E-state index is 10.7. The van der Waals surface area contributed by atoms with E-state index in [1.54, 1.807) is 7.05 Å². The van der Waals surface area contributed by atoms with Crippen LogP contribution in [-0.2, 0) is 4.79 Å². The van der Waals surface area contributed by atoms with Gasteiger partial charge >= 0.3 is 5.97 Å². The van der Waals surface area contributed by atoms with Crippen molar-refractivity contribution in [3.63, 3.8) is 0 Å². The smallest absolute Gasteiger partial charge is 0.320 e. The number of nitrogens with one attached hydrogen (secondary N) is 1. The Kier molecular flexibility index (Phi) is 6.24. The second kappa shape index (κ2) is 6.66. The van der Waals surface area contributed by atoms with Gasteiger partial charge in [0, 0.05) is 0 Å². The van der Waals surface area contributed by atoms with Gasteiger partial charge in [-0.1, -0.05) is 19.1 Å². The van der Waals surface area contributed by atoms with E-state index < -0.39 is 12.0 Å². The molecule has 76 valence electrons. The van der Waals surface area contributed by atoms with Gasteiger partial charge in [0.05, 0.1) is 0 Å². The Morgan fingerprint density at radius 2 is 2.23 bits per heavy atom. The monoisotopic (exact) mass is 185 g/mol. The topological polar surface area (TPSA) is 49.3 Å². The molecule has 0 fully saturated rings. The standard InChI is InChI=1S/C10H19NO2/c1-4-5-6-8(2)7-9(11-3)10(12)13/h4-5,8-9,11H,6-7H2,1-3H3,(H,12,13)/b5-4+/t8-,9+/m1/s1. The van der Waals surface area contributed by atoms with Gasteiger partial charge in [0.2, 0.25) is 0 Å². The minimum atomic E-state index is -0.769.